The minimum Gasteiger partial charge on any atom is -0.325 e. The number of carbonyl (C=O) groups is 1. The van der Waals surface area contributed by atoms with Crippen molar-refractivity contribution < 1.29 is 4.79 Å². The van der Waals surface area contributed by atoms with Crippen molar-refractivity contribution in [2.24, 2.45) is 0 Å². The van der Waals surface area contributed by atoms with Crippen LogP contribution in [0, 0.1) is 6.92 Å². The van der Waals surface area contributed by atoms with Crippen LogP contribution in [0.4, 0.5) is 5.69 Å². The first-order chi connectivity index (χ1) is 9.41. The quantitative estimate of drug-likeness (QED) is 0.880. The molecule has 2 aromatic carbocycles. The molecule has 1 N–H and O–H groups in total. The lowest BCUT2D eigenvalue weighted by molar-refractivity contribution is -0.120. The van der Waals surface area contributed by atoms with Crippen molar-refractivity contribution in [1.29, 1.82) is 0 Å². The van der Waals surface area contributed by atoms with Gasteiger partial charge in [0.2, 0.25) is 5.91 Å². The number of nitrogens with one attached hydrogen (secondary N) is 1. The second-order valence-electron chi connectivity index (χ2n) is 5.40. The summed E-state index contributed by atoms with van der Waals surface area (Å²) in [6.07, 6.45) is 0. The van der Waals surface area contributed by atoms with Crippen LogP contribution in [0.2, 0.25) is 5.02 Å². The van der Waals surface area contributed by atoms with Gasteiger partial charge >= 0.3 is 0 Å². The molecule has 0 spiro atoms. The maximum absolute atomic E-state index is 12.5. The molecule has 0 fully saturated rings. The average Bonchev–Trinajstić information content (AvgIpc) is 2.42. The number of carbonyl (C=O) groups excluding carboxylic acids is 1. The molecule has 0 aliphatic rings. The van der Waals surface area contributed by atoms with E-state index in [1.165, 1.54) is 0 Å². The standard InChI is InChI=1S/C17H18ClNO/c1-12-11-14(18)9-10-15(12)19-16(20)17(2,3)13-7-5-4-6-8-13/h4-11H,1-3H3,(H,19,20). The highest BCUT2D eigenvalue weighted by molar-refractivity contribution is 6.30. The number of rotatable bonds is 3. The number of hydrogen-bond acceptors (Lipinski definition) is 1. The van der Waals surface area contributed by atoms with Crippen molar-refractivity contribution in [3.8, 4) is 0 Å². The zero-order valence-electron chi connectivity index (χ0n) is 11.9. The first-order valence-corrected chi connectivity index (χ1v) is 6.92. The minimum absolute atomic E-state index is 0.0332. The average molecular weight is 288 g/mol. The number of benzene rings is 2. The predicted molar refractivity (Wildman–Crippen MR) is 84.3 cm³/mol. The summed E-state index contributed by atoms with van der Waals surface area (Å²) < 4.78 is 0. The molecule has 0 aliphatic carbocycles. The normalized spacial score (nSPS) is 11.2. The van der Waals surface area contributed by atoms with Gasteiger partial charge in [-0.15, -0.1) is 0 Å². The Balaban J connectivity index is 2.23. The number of amides is 1. The first kappa shape index (κ1) is 14.6. The zero-order valence-corrected chi connectivity index (χ0v) is 12.7. The lowest BCUT2D eigenvalue weighted by Gasteiger charge is -2.24. The Kier molecular flexibility index (Phi) is 4.15. The van der Waals surface area contributed by atoms with E-state index in [1.54, 1.807) is 6.07 Å². The molecule has 104 valence electrons. The zero-order chi connectivity index (χ0) is 14.8. The maximum Gasteiger partial charge on any atom is 0.234 e. The third kappa shape index (κ3) is 3.02. The summed E-state index contributed by atoms with van der Waals surface area (Å²) in [5.74, 6) is -0.0332. The molecule has 2 nitrogen and oxygen atoms in total. The molecule has 0 unspecified atom stereocenters. The Morgan fingerprint density at radius 1 is 1.10 bits per heavy atom. The first-order valence-electron chi connectivity index (χ1n) is 6.54. The summed E-state index contributed by atoms with van der Waals surface area (Å²) in [5.41, 5.74) is 2.15. The topological polar surface area (TPSA) is 29.1 Å². The summed E-state index contributed by atoms with van der Waals surface area (Å²) >= 11 is 5.93. The molecule has 0 atom stereocenters. The summed E-state index contributed by atoms with van der Waals surface area (Å²) in [7, 11) is 0. The van der Waals surface area contributed by atoms with Gasteiger partial charge in [0.1, 0.15) is 0 Å². The molecular weight excluding hydrogens is 270 g/mol. The van der Waals surface area contributed by atoms with E-state index in [9.17, 15) is 4.79 Å². The Morgan fingerprint density at radius 2 is 1.75 bits per heavy atom. The SMILES string of the molecule is Cc1cc(Cl)ccc1NC(=O)C(C)(C)c1ccccc1. The fourth-order valence-electron chi connectivity index (χ4n) is 2.03. The second-order valence-corrected chi connectivity index (χ2v) is 5.84. The van der Waals surface area contributed by atoms with Gasteiger partial charge < -0.3 is 5.32 Å². The van der Waals surface area contributed by atoms with E-state index in [1.807, 2.05) is 63.2 Å². The lowest BCUT2D eigenvalue weighted by Crippen LogP contribution is -2.34. The summed E-state index contributed by atoms with van der Waals surface area (Å²) in [4.78, 5) is 12.5. The molecule has 0 radical (unpaired) electrons. The molecule has 0 bridgehead atoms. The summed E-state index contributed by atoms with van der Waals surface area (Å²) in [6, 6.07) is 15.2. The fraction of sp³-hybridized carbons (Fsp3) is 0.235. The third-order valence-corrected chi connectivity index (χ3v) is 3.73. The van der Waals surface area contributed by atoms with Crippen molar-refractivity contribution in [1.82, 2.24) is 0 Å². The van der Waals surface area contributed by atoms with Gasteiger partial charge in [-0.25, -0.2) is 0 Å². The largest absolute Gasteiger partial charge is 0.325 e. The highest BCUT2D eigenvalue weighted by atomic mass is 35.5. The minimum atomic E-state index is -0.590. The van der Waals surface area contributed by atoms with Crippen LogP contribution in [0.5, 0.6) is 0 Å². The van der Waals surface area contributed by atoms with E-state index in [-0.39, 0.29) is 5.91 Å². The van der Waals surface area contributed by atoms with E-state index in [0.717, 1.165) is 16.8 Å². The van der Waals surface area contributed by atoms with Gasteiger partial charge in [-0.3, -0.25) is 4.79 Å². The van der Waals surface area contributed by atoms with Crippen molar-refractivity contribution in [3.63, 3.8) is 0 Å². The van der Waals surface area contributed by atoms with E-state index < -0.39 is 5.41 Å². The van der Waals surface area contributed by atoms with Crippen LogP contribution in [0.25, 0.3) is 0 Å². The highest BCUT2D eigenvalue weighted by Gasteiger charge is 2.29. The smallest absolute Gasteiger partial charge is 0.234 e. The molecule has 1 amide bonds. The Hall–Kier alpha value is -1.80. The van der Waals surface area contributed by atoms with Crippen molar-refractivity contribution in [2.45, 2.75) is 26.2 Å². The van der Waals surface area contributed by atoms with Crippen molar-refractivity contribution in [3.05, 3.63) is 64.7 Å². The Bertz CT molecular complexity index is 620. The molecular formula is C17H18ClNO. The van der Waals surface area contributed by atoms with Gasteiger partial charge in [-0.1, -0.05) is 41.9 Å². The predicted octanol–water partition coefficient (Wildman–Crippen LogP) is 4.56. The number of anilines is 1. The van der Waals surface area contributed by atoms with Crippen LogP contribution in [-0.4, -0.2) is 5.91 Å². The molecule has 0 saturated heterocycles. The van der Waals surface area contributed by atoms with Crippen LogP contribution < -0.4 is 5.32 Å². The summed E-state index contributed by atoms with van der Waals surface area (Å²) in [6.45, 7) is 5.77. The molecule has 0 aliphatic heterocycles. The monoisotopic (exact) mass is 287 g/mol. The van der Waals surface area contributed by atoms with Crippen molar-refractivity contribution >= 4 is 23.2 Å². The van der Waals surface area contributed by atoms with Crippen LogP contribution in [-0.2, 0) is 10.2 Å². The van der Waals surface area contributed by atoms with Gasteiger partial charge in [0.25, 0.3) is 0 Å². The van der Waals surface area contributed by atoms with E-state index in [4.69, 9.17) is 11.6 Å². The van der Waals surface area contributed by atoms with Crippen molar-refractivity contribution in [2.75, 3.05) is 5.32 Å². The van der Waals surface area contributed by atoms with Crippen LogP contribution in [0.3, 0.4) is 0 Å². The molecule has 3 heteroatoms. The molecule has 2 aromatic rings. The molecule has 2 rings (SSSR count). The fourth-order valence-corrected chi connectivity index (χ4v) is 2.26. The summed E-state index contributed by atoms with van der Waals surface area (Å²) in [5, 5.41) is 3.65. The van der Waals surface area contributed by atoms with Crippen LogP contribution >= 0.6 is 11.6 Å². The Labute approximate surface area is 124 Å². The van der Waals surface area contributed by atoms with E-state index >= 15 is 0 Å². The van der Waals surface area contributed by atoms with Gasteiger partial charge in [-0.05, 0) is 50.1 Å². The third-order valence-electron chi connectivity index (χ3n) is 3.50. The van der Waals surface area contributed by atoms with E-state index in [2.05, 4.69) is 5.32 Å². The maximum atomic E-state index is 12.5. The van der Waals surface area contributed by atoms with Gasteiger partial charge in [0.05, 0.1) is 5.41 Å². The van der Waals surface area contributed by atoms with Crippen LogP contribution in [0.1, 0.15) is 25.0 Å². The lowest BCUT2D eigenvalue weighted by atomic mass is 9.83. The molecule has 0 aromatic heterocycles. The number of halogens is 1. The number of aryl methyl sites for hydroxylation is 1. The molecule has 0 heterocycles. The van der Waals surface area contributed by atoms with Gasteiger partial charge in [0, 0.05) is 10.7 Å². The number of hydrogen-bond donors (Lipinski definition) is 1. The van der Waals surface area contributed by atoms with Gasteiger partial charge in [0.15, 0.2) is 0 Å². The van der Waals surface area contributed by atoms with E-state index in [0.29, 0.717) is 5.02 Å². The highest BCUT2D eigenvalue weighted by Crippen LogP contribution is 2.26. The van der Waals surface area contributed by atoms with Gasteiger partial charge in [-0.2, -0.15) is 0 Å². The second kappa shape index (κ2) is 5.68. The molecule has 20 heavy (non-hydrogen) atoms. The Morgan fingerprint density at radius 3 is 2.35 bits per heavy atom. The van der Waals surface area contributed by atoms with Crippen LogP contribution in [0.15, 0.2) is 48.5 Å². The molecule has 0 saturated carbocycles.